The van der Waals surface area contributed by atoms with E-state index in [1.807, 2.05) is 0 Å². The smallest absolute Gasteiger partial charge is 0.171 e. The van der Waals surface area contributed by atoms with Crippen LogP contribution in [-0.2, 0) is 0 Å². The van der Waals surface area contributed by atoms with Gasteiger partial charge in [0.2, 0.25) is 0 Å². The fraction of sp³-hybridized carbons (Fsp3) is 0.462. The number of benzene rings is 1. The Morgan fingerprint density at radius 1 is 1.35 bits per heavy atom. The number of methoxy groups -OCH3 is 2. The van der Waals surface area contributed by atoms with E-state index in [2.05, 4.69) is 6.92 Å². The van der Waals surface area contributed by atoms with Gasteiger partial charge in [0, 0.05) is 17.5 Å². The maximum absolute atomic E-state index is 12.0. The standard InChI is InChI=1S/C13H15ClO3/c1-7-4-5-9(15)12-11(7)8(14)6-10(16-2)13(12)17-3/h6-7H,4-5H2,1-3H3. The predicted octanol–water partition coefficient (Wildman–Crippen LogP) is 3.44. The van der Waals surface area contributed by atoms with Crippen molar-refractivity contribution in [1.82, 2.24) is 0 Å². The van der Waals surface area contributed by atoms with Crippen LogP contribution in [0, 0.1) is 0 Å². The van der Waals surface area contributed by atoms with Gasteiger partial charge in [0.15, 0.2) is 17.3 Å². The molecule has 0 heterocycles. The first kappa shape index (κ1) is 12.2. The van der Waals surface area contributed by atoms with Crippen LogP contribution in [0.5, 0.6) is 11.5 Å². The molecule has 4 heteroatoms. The lowest BCUT2D eigenvalue weighted by molar-refractivity contribution is 0.0964. The maximum Gasteiger partial charge on any atom is 0.171 e. The zero-order chi connectivity index (χ0) is 12.6. The molecule has 17 heavy (non-hydrogen) atoms. The van der Waals surface area contributed by atoms with E-state index < -0.39 is 0 Å². The summed E-state index contributed by atoms with van der Waals surface area (Å²) in [6.07, 6.45) is 1.37. The number of fused-ring (bicyclic) bond motifs is 1. The van der Waals surface area contributed by atoms with E-state index in [1.165, 1.54) is 7.11 Å². The molecule has 92 valence electrons. The van der Waals surface area contributed by atoms with E-state index in [1.54, 1.807) is 13.2 Å². The average Bonchev–Trinajstić information content (AvgIpc) is 2.32. The summed E-state index contributed by atoms with van der Waals surface area (Å²) in [5.74, 6) is 1.37. The van der Waals surface area contributed by atoms with Crippen molar-refractivity contribution >= 4 is 17.4 Å². The van der Waals surface area contributed by atoms with Crippen LogP contribution in [0.25, 0.3) is 0 Å². The van der Waals surface area contributed by atoms with Crippen molar-refractivity contribution in [3.05, 3.63) is 22.2 Å². The van der Waals surface area contributed by atoms with Crippen molar-refractivity contribution in [1.29, 1.82) is 0 Å². The summed E-state index contributed by atoms with van der Waals surface area (Å²) in [7, 11) is 3.08. The Balaban J connectivity index is 2.75. The van der Waals surface area contributed by atoms with E-state index in [9.17, 15) is 4.79 Å². The van der Waals surface area contributed by atoms with Gasteiger partial charge in [-0.2, -0.15) is 0 Å². The lowest BCUT2D eigenvalue weighted by atomic mass is 9.82. The SMILES string of the molecule is COc1cc(Cl)c2c(c1OC)C(=O)CCC2C. The van der Waals surface area contributed by atoms with Gasteiger partial charge >= 0.3 is 0 Å². The first-order valence-electron chi connectivity index (χ1n) is 5.57. The van der Waals surface area contributed by atoms with Crippen LogP contribution in [0.15, 0.2) is 6.07 Å². The van der Waals surface area contributed by atoms with E-state index in [0.717, 1.165) is 12.0 Å². The molecule has 0 aromatic heterocycles. The van der Waals surface area contributed by atoms with Crippen LogP contribution in [0.1, 0.15) is 41.6 Å². The zero-order valence-electron chi connectivity index (χ0n) is 10.2. The second-order valence-corrected chi connectivity index (χ2v) is 4.65. The van der Waals surface area contributed by atoms with Crippen LogP contribution in [0.3, 0.4) is 0 Å². The Morgan fingerprint density at radius 3 is 2.65 bits per heavy atom. The van der Waals surface area contributed by atoms with Crippen LogP contribution in [0.2, 0.25) is 5.02 Å². The number of ether oxygens (including phenoxy) is 2. The number of carbonyl (C=O) groups excluding carboxylic acids is 1. The molecule has 1 aliphatic carbocycles. The molecule has 1 aromatic carbocycles. The molecule has 3 nitrogen and oxygen atoms in total. The Labute approximate surface area is 106 Å². The molecule has 1 atom stereocenters. The van der Waals surface area contributed by atoms with Gasteiger partial charge in [0.05, 0.1) is 19.8 Å². The Kier molecular flexibility index (Phi) is 3.29. The summed E-state index contributed by atoms with van der Waals surface area (Å²) >= 11 is 6.23. The van der Waals surface area contributed by atoms with Gasteiger partial charge < -0.3 is 9.47 Å². The number of hydrogen-bond donors (Lipinski definition) is 0. The molecule has 0 aliphatic heterocycles. The third-order valence-electron chi connectivity index (χ3n) is 3.24. The van der Waals surface area contributed by atoms with E-state index in [4.69, 9.17) is 21.1 Å². The molecule has 0 radical (unpaired) electrons. The van der Waals surface area contributed by atoms with Crippen molar-refractivity contribution in [2.24, 2.45) is 0 Å². The number of Topliss-reactive ketones (excluding diaryl/α,β-unsaturated/α-hetero) is 1. The van der Waals surface area contributed by atoms with Crippen LogP contribution >= 0.6 is 11.6 Å². The maximum atomic E-state index is 12.0. The highest BCUT2D eigenvalue weighted by Gasteiger charge is 2.30. The van der Waals surface area contributed by atoms with Crippen LogP contribution < -0.4 is 9.47 Å². The third kappa shape index (κ3) is 1.89. The van der Waals surface area contributed by atoms with Crippen molar-refractivity contribution in [2.45, 2.75) is 25.7 Å². The lowest BCUT2D eigenvalue weighted by Gasteiger charge is -2.25. The molecule has 0 saturated heterocycles. The van der Waals surface area contributed by atoms with Crippen LogP contribution in [0.4, 0.5) is 0 Å². The molecular weight excluding hydrogens is 240 g/mol. The van der Waals surface area contributed by atoms with Gasteiger partial charge in [-0.05, 0) is 17.9 Å². The zero-order valence-corrected chi connectivity index (χ0v) is 10.9. The van der Waals surface area contributed by atoms with Gasteiger partial charge in [-0.3, -0.25) is 4.79 Å². The number of carbonyl (C=O) groups is 1. The summed E-state index contributed by atoms with van der Waals surface area (Å²) in [6.45, 7) is 2.07. The average molecular weight is 255 g/mol. The fourth-order valence-corrected chi connectivity index (χ4v) is 2.73. The summed E-state index contributed by atoms with van der Waals surface area (Å²) in [5.41, 5.74) is 1.48. The van der Waals surface area contributed by atoms with Gasteiger partial charge in [-0.1, -0.05) is 18.5 Å². The molecule has 0 amide bonds. The van der Waals surface area contributed by atoms with Gasteiger partial charge in [-0.15, -0.1) is 0 Å². The minimum Gasteiger partial charge on any atom is -0.493 e. The summed E-state index contributed by atoms with van der Waals surface area (Å²) in [4.78, 5) is 12.0. The predicted molar refractivity (Wildman–Crippen MR) is 66.5 cm³/mol. The molecule has 0 spiro atoms. The van der Waals surface area contributed by atoms with Gasteiger partial charge in [0.25, 0.3) is 0 Å². The molecule has 1 aromatic rings. The Morgan fingerprint density at radius 2 is 2.06 bits per heavy atom. The molecule has 0 N–H and O–H groups in total. The normalized spacial score (nSPS) is 18.8. The molecule has 0 saturated carbocycles. The molecule has 0 fully saturated rings. The highest BCUT2D eigenvalue weighted by atomic mass is 35.5. The third-order valence-corrected chi connectivity index (χ3v) is 3.55. The van der Waals surface area contributed by atoms with Gasteiger partial charge in [-0.25, -0.2) is 0 Å². The first-order valence-corrected chi connectivity index (χ1v) is 5.95. The quantitative estimate of drug-likeness (QED) is 0.811. The highest BCUT2D eigenvalue weighted by Crippen LogP contribution is 2.45. The fourth-order valence-electron chi connectivity index (χ4n) is 2.35. The minimum absolute atomic E-state index is 0.0794. The van der Waals surface area contributed by atoms with E-state index in [-0.39, 0.29) is 11.7 Å². The second-order valence-electron chi connectivity index (χ2n) is 4.25. The molecule has 0 bridgehead atoms. The molecular formula is C13H15ClO3. The number of halogens is 1. The lowest BCUT2D eigenvalue weighted by Crippen LogP contribution is -2.16. The Hall–Kier alpha value is -1.22. The largest absolute Gasteiger partial charge is 0.493 e. The highest BCUT2D eigenvalue weighted by molar-refractivity contribution is 6.32. The minimum atomic E-state index is 0.0794. The first-order chi connectivity index (χ1) is 8.10. The molecule has 1 unspecified atom stereocenters. The van der Waals surface area contributed by atoms with Gasteiger partial charge in [0.1, 0.15) is 0 Å². The second kappa shape index (κ2) is 4.57. The summed E-state index contributed by atoms with van der Waals surface area (Å²) < 4.78 is 10.5. The summed E-state index contributed by atoms with van der Waals surface area (Å²) in [6, 6.07) is 1.72. The number of rotatable bonds is 2. The molecule has 2 rings (SSSR count). The molecule has 1 aliphatic rings. The monoisotopic (exact) mass is 254 g/mol. The van der Waals surface area contributed by atoms with Crippen molar-refractivity contribution < 1.29 is 14.3 Å². The number of hydrogen-bond acceptors (Lipinski definition) is 3. The van der Waals surface area contributed by atoms with Crippen molar-refractivity contribution in [3.8, 4) is 11.5 Å². The topological polar surface area (TPSA) is 35.5 Å². The van der Waals surface area contributed by atoms with Crippen molar-refractivity contribution in [3.63, 3.8) is 0 Å². The van der Waals surface area contributed by atoms with Crippen molar-refractivity contribution in [2.75, 3.05) is 14.2 Å². The Bertz CT molecular complexity index is 468. The van der Waals surface area contributed by atoms with E-state index in [0.29, 0.717) is 28.5 Å². The van der Waals surface area contributed by atoms with Crippen LogP contribution in [-0.4, -0.2) is 20.0 Å². The van der Waals surface area contributed by atoms with E-state index >= 15 is 0 Å². The summed E-state index contributed by atoms with van der Waals surface area (Å²) in [5, 5.41) is 0.582. The number of ketones is 1.